The van der Waals surface area contributed by atoms with Crippen LogP contribution in [-0.2, 0) is 4.74 Å². The van der Waals surface area contributed by atoms with Crippen LogP contribution in [-0.4, -0.2) is 22.0 Å². The maximum atomic E-state index is 11.5. The summed E-state index contributed by atoms with van der Waals surface area (Å²) in [7, 11) is 0. The number of esters is 1. The molecule has 2 aromatic heterocycles. The van der Waals surface area contributed by atoms with Crippen molar-refractivity contribution in [3.8, 4) is 0 Å². The molecule has 5 heteroatoms. The Morgan fingerprint density at radius 3 is 3.13 bits per heavy atom. The van der Waals surface area contributed by atoms with Crippen LogP contribution in [0.5, 0.6) is 0 Å². The molecule has 2 heterocycles. The van der Waals surface area contributed by atoms with E-state index < -0.39 is 5.97 Å². The van der Waals surface area contributed by atoms with Crippen LogP contribution in [0.25, 0.3) is 5.52 Å². The Morgan fingerprint density at radius 1 is 1.60 bits per heavy atom. The maximum absolute atomic E-state index is 11.5. The second-order valence-corrected chi connectivity index (χ2v) is 3.06. The zero-order chi connectivity index (χ0) is 10.8. The van der Waals surface area contributed by atoms with Crippen molar-refractivity contribution in [1.29, 1.82) is 0 Å². The fraction of sp³-hybridized carbons (Fsp3) is 0.200. The van der Waals surface area contributed by atoms with E-state index in [0.717, 1.165) is 5.52 Å². The predicted octanol–water partition coefficient (Wildman–Crippen LogP) is 1.09. The molecular weight excluding hydrogens is 194 g/mol. The molecule has 2 N–H and O–H groups in total. The van der Waals surface area contributed by atoms with Crippen LogP contribution in [0.3, 0.4) is 0 Å². The average Bonchev–Trinajstić information content (AvgIpc) is 2.60. The van der Waals surface area contributed by atoms with Crippen molar-refractivity contribution in [2.24, 2.45) is 0 Å². The lowest BCUT2D eigenvalue weighted by molar-refractivity contribution is 0.0511. The Bertz CT molecular complexity index is 504. The molecule has 2 aromatic rings. The van der Waals surface area contributed by atoms with Gasteiger partial charge < -0.3 is 10.5 Å². The number of pyridine rings is 1. The number of rotatable bonds is 2. The summed E-state index contributed by atoms with van der Waals surface area (Å²) in [4.78, 5) is 15.5. The molecule has 0 aromatic carbocycles. The molecule has 0 fully saturated rings. The number of aromatic nitrogens is 2. The van der Waals surface area contributed by atoms with Gasteiger partial charge >= 0.3 is 5.97 Å². The van der Waals surface area contributed by atoms with Gasteiger partial charge in [-0.1, -0.05) is 0 Å². The molecule has 15 heavy (non-hydrogen) atoms. The smallest absolute Gasteiger partial charge is 0.374 e. The Morgan fingerprint density at radius 2 is 2.40 bits per heavy atom. The normalized spacial score (nSPS) is 10.5. The van der Waals surface area contributed by atoms with Crippen molar-refractivity contribution in [2.75, 3.05) is 12.3 Å². The molecule has 0 aliphatic rings. The van der Waals surface area contributed by atoms with Crippen molar-refractivity contribution < 1.29 is 9.53 Å². The Balaban J connectivity index is 2.52. The second-order valence-electron chi connectivity index (χ2n) is 3.06. The minimum Gasteiger partial charge on any atom is -0.460 e. The summed E-state index contributed by atoms with van der Waals surface area (Å²) in [5.41, 5.74) is 7.01. The van der Waals surface area contributed by atoms with E-state index in [1.807, 2.05) is 0 Å². The van der Waals surface area contributed by atoms with Gasteiger partial charge in [-0.15, -0.1) is 0 Å². The summed E-state index contributed by atoms with van der Waals surface area (Å²) in [6.45, 7) is 2.08. The molecular formula is C10H11N3O2. The monoisotopic (exact) mass is 205 g/mol. The SMILES string of the molecule is CCOC(=O)c1ncc2ccc(N)cn12. The number of imidazole rings is 1. The van der Waals surface area contributed by atoms with Gasteiger partial charge in [0.1, 0.15) is 0 Å². The second kappa shape index (κ2) is 3.61. The lowest BCUT2D eigenvalue weighted by Crippen LogP contribution is -2.09. The first-order valence-corrected chi connectivity index (χ1v) is 4.62. The fourth-order valence-electron chi connectivity index (χ4n) is 1.35. The van der Waals surface area contributed by atoms with Gasteiger partial charge in [-0.3, -0.25) is 4.40 Å². The molecule has 78 valence electrons. The molecule has 0 saturated heterocycles. The number of nitrogens with two attached hydrogens (primary N) is 1. The molecule has 0 unspecified atom stereocenters. The first-order chi connectivity index (χ1) is 7.22. The lowest BCUT2D eigenvalue weighted by atomic mass is 10.4. The van der Waals surface area contributed by atoms with Crippen molar-refractivity contribution in [3.05, 3.63) is 30.4 Å². The predicted molar refractivity (Wildman–Crippen MR) is 55.6 cm³/mol. The van der Waals surface area contributed by atoms with Crippen LogP contribution >= 0.6 is 0 Å². The van der Waals surface area contributed by atoms with Gasteiger partial charge in [0.2, 0.25) is 5.82 Å². The minimum absolute atomic E-state index is 0.249. The summed E-state index contributed by atoms with van der Waals surface area (Å²) in [5.74, 6) is -0.192. The molecule has 0 atom stereocenters. The summed E-state index contributed by atoms with van der Waals surface area (Å²) in [6.07, 6.45) is 3.25. The van der Waals surface area contributed by atoms with Crippen LogP contribution in [0.4, 0.5) is 5.69 Å². The number of nitrogens with zero attached hydrogens (tertiary/aromatic N) is 2. The first-order valence-electron chi connectivity index (χ1n) is 4.62. The van der Waals surface area contributed by atoms with Crippen molar-refractivity contribution >= 4 is 17.2 Å². The van der Waals surface area contributed by atoms with E-state index in [2.05, 4.69) is 4.98 Å². The summed E-state index contributed by atoms with van der Waals surface area (Å²) in [5, 5.41) is 0. The first kappa shape index (κ1) is 9.51. The van der Waals surface area contributed by atoms with E-state index in [1.165, 1.54) is 0 Å². The quantitative estimate of drug-likeness (QED) is 0.745. The minimum atomic E-state index is -0.442. The molecule has 0 radical (unpaired) electrons. The third kappa shape index (κ3) is 1.63. The Labute approximate surface area is 86.5 Å². The van der Waals surface area contributed by atoms with Gasteiger partial charge in [0.25, 0.3) is 0 Å². The average molecular weight is 205 g/mol. The van der Waals surface area contributed by atoms with E-state index in [-0.39, 0.29) is 5.82 Å². The number of fused-ring (bicyclic) bond motifs is 1. The number of carbonyl (C=O) groups is 1. The highest BCUT2D eigenvalue weighted by atomic mass is 16.5. The van der Waals surface area contributed by atoms with Crippen LogP contribution in [0.15, 0.2) is 24.5 Å². The van der Waals surface area contributed by atoms with Crippen molar-refractivity contribution in [2.45, 2.75) is 6.92 Å². The summed E-state index contributed by atoms with van der Waals surface area (Å²) in [6, 6.07) is 3.55. The molecule has 0 amide bonds. The highest BCUT2D eigenvalue weighted by Crippen LogP contribution is 2.11. The van der Waals surface area contributed by atoms with Crippen LogP contribution in [0.1, 0.15) is 17.5 Å². The van der Waals surface area contributed by atoms with Crippen molar-refractivity contribution in [3.63, 3.8) is 0 Å². The van der Waals surface area contributed by atoms with Crippen LogP contribution in [0.2, 0.25) is 0 Å². The number of hydrogen-bond acceptors (Lipinski definition) is 4. The van der Waals surface area contributed by atoms with Gasteiger partial charge in [-0.25, -0.2) is 9.78 Å². The Hall–Kier alpha value is -2.04. The van der Waals surface area contributed by atoms with Gasteiger partial charge in [-0.2, -0.15) is 0 Å². The number of hydrogen-bond donors (Lipinski definition) is 1. The zero-order valence-corrected chi connectivity index (χ0v) is 8.30. The Kier molecular flexibility index (Phi) is 2.29. The van der Waals surface area contributed by atoms with Gasteiger partial charge in [0.05, 0.1) is 18.3 Å². The highest BCUT2D eigenvalue weighted by Gasteiger charge is 2.13. The highest BCUT2D eigenvalue weighted by molar-refractivity contribution is 5.87. The number of anilines is 1. The molecule has 0 spiro atoms. The standard InChI is InChI=1S/C10H11N3O2/c1-2-15-10(14)9-12-5-8-4-3-7(11)6-13(8)9/h3-6H,2,11H2,1H3. The molecule has 2 rings (SSSR count). The lowest BCUT2D eigenvalue weighted by Gasteiger charge is -2.01. The summed E-state index contributed by atoms with van der Waals surface area (Å²) >= 11 is 0. The van der Waals surface area contributed by atoms with E-state index in [1.54, 1.807) is 35.9 Å². The van der Waals surface area contributed by atoms with E-state index in [9.17, 15) is 4.79 Å². The van der Waals surface area contributed by atoms with Crippen LogP contribution in [0, 0.1) is 0 Å². The fourth-order valence-corrected chi connectivity index (χ4v) is 1.35. The van der Waals surface area contributed by atoms with Crippen LogP contribution < -0.4 is 5.73 Å². The number of carbonyl (C=O) groups excluding carboxylic acids is 1. The third-order valence-electron chi connectivity index (χ3n) is 2.01. The summed E-state index contributed by atoms with van der Waals surface area (Å²) < 4.78 is 6.49. The third-order valence-corrected chi connectivity index (χ3v) is 2.01. The maximum Gasteiger partial charge on any atom is 0.374 e. The molecule has 0 aliphatic heterocycles. The number of nitrogen functional groups attached to an aromatic ring is 1. The molecule has 0 bridgehead atoms. The number of ether oxygens (including phenoxy) is 1. The van der Waals surface area contributed by atoms with Gasteiger partial charge in [0.15, 0.2) is 0 Å². The van der Waals surface area contributed by atoms with E-state index in [4.69, 9.17) is 10.5 Å². The molecule has 0 saturated carbocycles. The van der Waals surface area contributed by atoms with Gasteiger partial charge in [-0.05, 0) is 19.1 Å². The molecule has 5 nitrogen and oxygen atoms in total. The van der Waals surface area contributed by atoms with E-state index in [0.29, 0.717) is 12.3 Å². The van der Waals surface area contributed by atoms with E-state index >= 15 is 0 Å². The largest absolute Gasteiger partial charge is 0.460 e. The van der Waals surface area contributed by atoms with Crippen molar-refractivity contribution in [1.82, 2.24) is 9.38 Å². The molecule has 0 aliphatic carbocycles. The van der Waals surface area contributed by atoms with Gasteiger partial charge in [0, 0.05) is 11.9 Å². The zero-order valence-electron chi connectivity index (χ0n) is 8.30. The topological polar surface area (TPSA) is 69.6 Å².